The Labute approximate surface area is 307 Å². The number of furan rings is 1. The summed E-state index contributed by atoms with van der Waals surface area (Å²) < 4.78 is 9.12. The van der Waals surface area contributed by atoms with Crippen LogP contribution in [0.5, 0.6) is 0 Å². The van der Waals surface area contributed by atoms with E-state index in [2.05, 4.69) is 170 Å². The normalized spacial score (nSPS) is 15.8. The fourth-order valence-corrected chi connectivity index (χ4v) is 8.81. The molecule has 1 unspecified atom stereocenters. The number of benzene rings is 6. The summed E-state index contributed by atoms with van der Waals surface area (Å²) in [6, 6.07) is 48.1. The largest absolute Gasteiger partial charge is 0.456 e. The molecule has 2 aliphatic rings. The Balaban J connectivity index is 1.05. The van der Waals surface area contributed by atoms with Crippen LogP contribution >= 0.6 is 0 Å². The minimum absolute atomic E-state index is 0.0851. The van der Waals surface area contributed by atoms with Crippen molar-refractivity contribution in [2.24, 2.45) is 0 Å². The molecule has 0 fully saturated rings. The molecule has 3 heterocycles. The predicted octanol–water partition coefficient (Wildman–Crippen LogP) is 12.7. The SMILES string of the molecule is CC1(C)c2ccccc2-c2cc3c4ccccc4n(-c4ccc5c(c4)oc4cc(-c6cc(-c7ccccc7)nc(C7C=CC=CC7)n6)ccc45)c3cc21. The topological polar surface area (TPSA) is 43.9 Å². The molecular formula is C49H35N3O. The van der Waals surface area contributed by atoms with Crippen LogP contribution in [-0.4, -0.2) is 14.5 Å². The molecule has 0 amide bonds. The average Bonchev–Trinajstić information content (AvgIpc) is 3.82. The third-order valence-corrected chi connectivity index (χ3v) is 11.5. The molecule has 2 aliphatic carbocycles. The quantitative estimate of drug-likeness (QED) is 0.186. The van der Waals surface area contributed by atoms with Crippen molar-refractivity contribution >= 4 is 43.7 Å². The molecule has 0 bridgehead atoms. The number of hydrogen-bond donors (Lipinski definition) is 0. The number of fused-ring (bicyclic) bond motifs is 9. The fraction of sp³-hybridized carbons (Fsp3) is 0.102. The zero-order valence-electron chi connectivity index (χ0n) is 29.5. The second kappa shape index (κ2) is 11.2. The summed E-state index contributed by atoms with van der Waals surface area (Å²) in [6.07, 6.45) is 9.44. The highest BCUT2D eigenvalue weighted by molar-refractivity contribution is 6.12. The summed E-state index contributed by atoms with van der Waals surface area (Å²) >= 11 is 0. The van der Waals surface area contributed by atoms with Gasteiger partial charge in [-0.15, -0.1) is 0 Å². The first-order valence-electron chi connectivity index (χ1n) is 18.4. The minimum Gasteiger partial charge on any atom is -0.456 e. The van der Waals surface area contributed by atoms with Crippen LogP contribution < -0.4 is 0 Å². The van der Waals surface area contributed by atoms with E-state index in [4.69, 9.17) is 14.4 Å². The van der Waals surface area contributed by atoms with Crippen molar-refractivity contribution in [3.63, 3.8) is 0 Å². The van der Waals surface area contributed by atoms with Crippen molar-refractivity contribution in [1.82, 2.24) is 14.5 Å². The van der Waals surface area contributed by atoms with E-state index < -0.39 is 0 Å². The standard InChI is InChI=1S/C49H35N3O/c1-49(2)40-19-11-9-17-34(40)38-27-39-35-18-10-12-20-44(35)52(45(39)28-41(38)49)33-22-24-37-36-23-21-32(25-46(36)53-47(37)26-33)43-29-42(30-13-5-3-6-14-30)50-48(51-43)31-15-7-4-8-16-31/h3-15,17-29,31H,16H2,1-2H3. The van der Waals surface area contributed by atoms with Crippen molar-refractivity contribution in [3.8, 4) is 39.3 Å². The van der Waals surface area contributed by atoms with Gasteiger partial charge >= 0.3 is 0 Å². The maximum absolute atomic E-state index is 6.71. The van der Waals surface area contributed by atoms with Crippen LogP contribution in [-0.2, 0) is 5.41 Å². The van der Waals surface area contributed by atoms with E-state index in [0.717, 1.165) is 62.4 Å². The summed E-state index contributed by atoms with van der Waals surface area (Å²) in [4.78, 5) is 10.2. The van der Waals surface area contributed by atoms with Crippen LogP contribution in [0.1, 0.15) is 43.1 Å². The summed E-state index contributed by atoms with van der Waals surface area (Å²) in [5.41, 5.74) is 14.4. The summed E-state index contributed by atoms with van der Waals surface area (Å²) in [5.74, 6) is 0.972. The Morgan fingerprint density at radius 1 is 0.585 bits per heavy atom. The van der Waals surface area contributed by atoms with Crippen molar-refractivity contribution in [2.45, 2.75) is 31.6 Å². The zero-order valence-corrected chi connectivity index (χ0v) is 29.5. The monoisotopic (exact) mass is 681 g/mol. The lowest BCUT2D eigenvalue weighted by Crippen LogP contribution is -2.14. The molecule has 0 saturated carbocycles. The smallest absolute Gasteiger partial charge is 0.137 e. The van der Waals surface area contributed by atoms with Gasteiger partial charge in [0.25, 0.3) is 0 Å². The molecule has 4 nitrogen and oxygen atoms in total. The van der Waals surface area contributed by atoms with Crippen LogP contribution in [0.3, 0.4) is 0 Å². The zero-order chi connectivity index (χ0) is 35.3. The lowest BCUT2D eigenvalue weighted by molar-refractivity contribution is 0.661. The van der Waals surface area contributed by atoms with Crippen molar-refractivity contribution in [2.75, 3.05) is 0 Å². The van der Waals surface area contributed by atoms with Gasteiger partial charge in [-0.1, -0.05) is 117 Å². The van der Waals surface area contributed by atoms with Crippen LogP contribution in [0.2, 0.25) is 0 Å². The molecule has 6 aromatic carbocycles. The Bertz CT molecular complexity index is 3010. The van der Waals surface area contributed by atoms with Gasteiger partial charge < -0.3 is 8.98 Å². The van der Waals surface area contributed by atoms with E-state index >= 15 is 0 Å². The second-order valence-corrected chi connectivity index (χ2v) is 14.9. The van der Waals surface area contributed by atoms with Gasteiger partial charge in [-0.3, -0.25) is 0 Å². The Morgan fingerprint density at radius 3 is 2.19 bits per heavy atom. The van der Waals surface area contributed by atoms with Gasteiger partial charge in [0.1, 0.15) is 17.0 Å². The van der Waals surface area contributed by atoms with E-state index in [9.17, 15) is 0 Å². The molecular weight excluding hydrogens is 647 g/mol. The van der Waals surface area contributed by atoms with Gasteiger partial charge in [-0.25, -0.2) is 9.97 Å². The molecule has 9 aromatic rings. The van der Waals surface area contributed by atoms with Gasteiger partial charge in [0.15, 0.2) is 0 Å². The van der Waals surface area contributed by atoms with Crippen molar-refractivity contribution in [1.29, 1.82) is 0 Å². The van der Waals surface area contributed by atoms with Crippen molar-refractivity contribution in [3.05, 3.63) is 175 Å². The first-order chi connectivity index (χ1) is 26.0. The van der Waals surface area contributed by atoms with E-state index in [1.807, 2.05) is 6.07 Å². The first kappa shape index (κ1) is 30.1. The van der Waals surface area contributed by atoms with Gasteiger partial charge in [0, 0.05) is 55.8 Å². The van der Waals surface area contributed by atoms with Crippen LogP contribution in [0, 0.1) is 0 Å². The minimum atomic E-state index is -0.0851. The molecule has 0 saturated heterocycles. The summed E-state index contributed by atoms with van der Waals surface area (Å²) in [5, 5.41) is 4.70. The van der Waals surface area contributed by atoms with Gasteiger partial charge in [0.05, 0.1) is 22.4 Å². The Kier molecular flexibility index (Phi) is 6.39. The highest BCUT2D eigenvalue weighted by atomic mass is 16.3. The number of nitrogens with zero attached hydrogens (tertiary/aromatic N) is 3. The second-order valence-electron chi connectivity index (χ2n) is 14.9. The van der Waals surface area contributed by atoms with Gasteiger partial charge in [-0.05, 0) is 77.2 Å². The maximum Gasteiger partial charge on any atom is 0.137 e. The van der Waals surface area contributed by atoms with Crippen LogP contribution in [0.25, 0.3) is 83.1 Å². The molecule has 252 valence electrons. The number of allylic oxidation sites excluding steroid dienone is 4. The Morgan fingerprint density at radius 2 is 1.34 bits per heavy atom. The number of aromatic nitrogens is 3. The van der Waals surface area contributed by atoms with Gasteiger partial charge in [0.2, 0.25) is 0 Å². The highest BCUT2D eigenvalue weighted by Gasteiger charge is 2.36. The average molecular weight is 682 g/mol. The predicted molar refractivity (Wildman–Crippen MR) is 218 cm³/mol. The van der Waals surface area contributed by atoms with E-state index in [1.54, 1.807) is 0 Å². The molecule has 0 aliphatic heterocycles. The molecule has 0 N–H and O–H groups in total. The summed E-state index contributed by atoms with van der Waals surface area (Å²) in [7, 11) is 0. The first-order valence-corrected chi connectivity index (χ1v) is 18.4. The van der Waals surface area contributed by atoms with E-state index in [-0.39, 0.29) is 11.3 Å². The highest BCUT2D eigenvalue weighted by Crippen LogP contribution is 2.51. The molecule has 3 aromatic heterocycles. The summed E-state index contributed by atoms with van der Waals surface area (Å²) in [6.45, 7) is 4.70. The van der Waals surface area contributed by atoms with Crippen LogP contribution in [0.4, 0.5) is 0 Å². The van der Waals surface area contributed by atoms with Gasteiger partial charge in [-0.2, -0.15) is 0 Å². The van der Waals surface area contributed by atoms with Crippen molar-refractivity contribution < 1.29 is 4.42 Å². The van der Waals surface area contributed by atoms with Crippen LogP contribution in [0.15, 0.2) is 162 Å². The number of hydrogen-bond acceptors (Lipinski definition) is 3. The molecule has 0 spiro atoms. The maximum atomic E-state index is 6.71. The number of rotatable bonds is 4. The third kappa shape index (κ3) is 4.55. The molecule has 1 atom stereocenters. The van der Waals surface area contributed by atoms with E-state index in [1.165, 1.54) is 44.1 Å². The molecule has 0 radical (unpaired) electrons. The molecule has 53 heavy (non-hydrogen) atoms. The lowest BCUT2D eigenvalue weighted by atomic mass is 9.82. The molecule has 11 rings (SSSR count). The number of para-hydroxylation sites is 1. The Hall–Kier alpha value is -6.52. The third-order valence-electron chi connectivity index (χ3n) is 11.5. The lowest BCUT2D eigenvalue weighted by Gasteiger charge is -2.21. The van der Waals surface area contributed by atoms with E-state index in [0.29, 0.717) is 0 Å². The molecule has 4 heteroatoms. The fourth-order valence-electron chi connectivity index (χ4n) is 8.81.